The summed E-state index contributed by atoms with van der Waals surface area (Å²) in [6.07, 6.45) is 2.21. The maximum Gasteiger partial charge on any atom is 0.0464 e. The van der Waals surface area contributed by atoms with E-state index in [9.17, 15) is 0 Å². The Kier molecular flexibility index (Phi) is 1.90. The first kappa shape index (κ1) is 9.04. The summed E-state index contributed by atoms with van der Waals surface area (Å²) in [7, 11) is 0. The third kappa shape index (κ3) is 1.47. The van der Waals surface area contributed by atoms with Gasteiger partial charge < -0.3 is 5.73 Å². The van der Waals surface area contributed by atoms with Gasteiger partial charge in [0.2, 0.25) is 0 Å². The Morgan fingerprint density at radius 2 is 1.69 bits per heavy atom. The molecule has 0 heterocycles. The van der Waals surface area contributed by atoms with E-state index in [4.69, 9.17) is 17.3 Å². The molecule has 0 saturated heterocycles. The molecule has 0 unspecified atom stereocenters. The Balaban J connectivity index is 2.50. The lowest BCUT2D eigenvalue weighted by atomic mass is 10.0. The molecule has 0 aliphatic heterocycles. The lowest BCUT2D eigenvalue weighted by molar-refractivity contribution is 0.738. The summed E-state index contributed by atoms with van der Waals surface area (Å²) in [5.41, 5.74) is 9.58. The maximum absolute atomic E-state index is 6.11. The van der Waals surface area contributed by atoms with Gasteiger partial charge in [-0.15, -0.1) is 0 Å². The first-order valence-corrected chi connectivity index (χ1v) is 4.97. The van der Waals surface area contributed by atoms with E-state index in [1.807, 2.05) is 13.8 Å². The largest absolute Gasteiger partial charge is 0.321 e. The van der Waals surface area contributed by atoms with Crippen LogP contribution in [0.4, 0.5) is 0 Å². The first-order valence-electron chi connectivity index (χ1n) is 4.59. The molecule has 2 N–H and O–H groups in total. The van der Waals surface area contributed by atoms with Crippen molar-refractivity contribution in [2.75, 3.05) is 0 Å². The molecule has 1 aliphatic rings. The van der Waals surface area contributed by atoms with Crippen LogP contribution in [0.1, 0.15) is 29.5 Å². The Hall–Kier alpha value is -0.530. The summed E-state index contributed by atoms with van der Waals surface area (Å²) in [5, 5.41) is 0.869. The van der Waals surface area contributed by atoms with Crippen molar-refractivity contribution in [3.05, 3.63) is 33.8 Å². The number of aryl methyl sites for hydroxylation is 2. The molecule has 2 rings (SSSR count). The second-order valence-corrected chi connectivity index (χ2v) is 4.46. The van der Waals surface area contributed by atoms with Crippen LogP contribution in [0.5, 0.6) is 0 Å². The van der Waals surface area contributed by atoms with Crippen molar-refractivity contribution in [2.45, 2.75) is 32.2 Å². The monoisotopic (exact) mass is 195 g/mol. The molecule has 1 saturated carbocycles. The number of nitrogens with two attached hydrogens (primary N) is 1. The van der Waals surface area contributed by atoms with Crippen LogP contribution >= 0.6 is 11.6 Å². The van der Waals surface area contributed by atoms with Crippen LogP contribution in [0, 0.1) is 13.8 Å². The highest BCUT2D eigenvalue weighted by molar-refractivity contribution is 6.32. The van der Waals surface area contributed by atoms with Gasteiger partial charge in [-0.2, -0.15) is 0 Å². The molecule has 0 radical (unpaired) electrons. The fourth-order valence-corrected chi connectivity index (χ4v) is 1.77. The molecule has 2 heteroatoms. The molecule has 0 amide bonds. The molecule has 0 atom stereocenters. The van der Waals surface area contributed by atoms with Crippen molar-refractivity contribution in [3.63, 3.8) is 0 Å². The van der Waals surface area contributed by atoms with Crippen LogP contribution in [0.15, 0.2) is 12.1 Å². The van der Waals surface area contributed by atoms with E-state index in [-0.39, 0.29) is 5.54 Å². The average Bonchev–Trinajstić information content (AvgIpc) is 2.80. The highest BCUT2D eigenvalue weighted by Gasteiger charge is 2.40. The van der Waals surface area contributed by atoms with Gasteiger partial charge in [0.25, 0.3) is 0 Å². The molecule has 0 aromatic heterocycles. The lowest BCUT2D eigenvalue weighted by Gasteiger charge is -2.12. The normalized spacial score (nSPS) is 18.8. The quantitative estimate of drug-likeness (QED) is 0.733. The standard InChI is InChI=1S/C11H14ClN/c1-7-5-9(11(13)3-4-11)6-8(2)10(7)12/h5-6H,3-4,13H2,1-2H3. The number of hydrogen-bond donors (Lipinski definition) is 1. The van der Waals surface area contributed by atoms with Crippen LogP contribution in [0.25, 0.3) is 0 Å². The van der Waals surface area contributed by atoms with Crippen LogP contribution in [0.2, 0.25) is 5.02 Å². The summed E-state index contributed by atoms with van der Waals surface area (Å²) in [4.78, 5) is 0. The van der Waals surface area contributed by atoms with E-state index in [1.54, 1.807) is 0 Å². The molecule has 0 bridgehead atoms. The molecular weight excluding hydrogens is 182 g/mol. The molecule has 1 nitrogen and oxygen atoms in total. The summed E-state index contributed by atoms with van der Waals surface area (Å²) in [6.45, 7) is 4.06. The number of rotatable bonds is 1. The van der Waals surface area contributed by atoms with Gasteiger partial charge >= 0.3 is 0 Å². The molecule has 13 heavy (non-hydrogen) atoms. The van der Waals surface area contributed by atoms with E-state index in [1.165, 1.54) is 5.56 Å². The van der Waals surface area contributed by atoms with Crippen molar-refractivity contribution in [1.29, 1.82) is 0 Å². The number of benzene rings is 1. The third-order valence-electron chi connectivity index (χ3n) is 2.80. The van der Waals surface area contributed by atoms with E-state index in [0.29, 0.717) is 0 Å². The molecular formula is C11H14ClN. The van der Waals surface area contributed by atoms with Crippen molar-refractivity contribution in [2.24, 2.45) is 5.73 Å². The minimum Gasteiger partial charge on any atom is -0.321 e. The zero-order valence-corrected chi connectivity index (χ0v) is 8.78. The number of hydrogen-bond acceptors (Lipinski definition) is 1. The average molecular weight is 196 g/mol. The molecule has 1 fully saturated rings. The fourth-order valence-electron chi connectivity index (χ4n) is 1.66. The van der Waals surface area contributed by atoms with Gasteiger partial charge in [-0.3, -0.25) is 0 Å². The molecule has 0 spiro atoms. The van der Waals surface area contributed by atoms with Crippen LogP contribution in [-0.2, 0) is 5.54 Å². The van der Waals surface area contributed by atoms with E-state index >= 15 is 0 Å². The van der Waals surface area contributed by atoms with E-state index < -0.39 is 0 Å². The maximum atomic E-state index is 6.11. The second kappa shape index (κ2) is 2.73. The smallest absolute Gasteiger partial charge is 0.0464 e. The van der Waals surface area contributed by atoms with E-state index in [0.717, 1.165) is 29.0 Å². The Morgan fingerprint density at radius 3 is 2.08 bits per heavy atom. The van der Waals surface area contributed by atoms with Gasteiger partial charge in [0.1, 0.15) is 0 Å². The van der Waals surface area contributed by atoms with Crippen molar-refractivity contribution in [3.8, 4) is 0 Å². The van der Waals surface area contributed by atoms with Crippen molar-refractivity contribution >= 4 is 11.6 Å². The topological polar surface area (TPSA) is 26.0 Å². The molecule has 1 aromatic rings. The Morgan fingerprint density at radius 1 is 1.23 bits per heavy atom. The second-order valence-electron chi connectivity index (χ2n) is 4.08. The highest BCUT2D eigenvalue weighted by atomic mass is 35.5. The minimum atomic E-state index is -0.0416. The number of halogens is 1. The van der Waals surface area contributed by atoms with Gasteiger partial charge in [-0.25, -0.2) is 0 Å². The predicted molar refractivity (Wildman–Crippen MR) is 56.0 cm³/mol. The zero-order valence-electron chi connectivity index (χ0n) is 8.02. The fraction of sp³-hybridized carbons (Fsp3) is 0.455. The van der Waals surface area contributed by atoms with Crippen LogP contribution < -0.4 is 5.73 Å². The van der Waals surface area contributed by atoms with Crippen molar-refractivity contribution in [1.82, 2.24) is 0 Å². The van der Waals surface area contributed by atoms with Crippen molar-refractivity contribution < 1.29 is 0 Å². The van der Waals surface area contributed by atoms with Gasteiger partial charge in [-0.05, 0) is 43.4 Å². The Labute approximate surface area is 83.9 Å². The minimum absolute atomic E-state index is 0.0416. The van der Waals surface area contributed by atoms with Gasteiger partial charge in [0.15, 0.2) is 0 Å². The molecule has 1 aliphatic carbocycles. The summed E-state index contributed by atoms with van der Waals surface area (Å²) in [5.74, 6) is 0. The lowest BCUT2D eigenvalue weighted by Crippen LogP contribution is -2.18. The van der Waals surface area contributed by atoms with Crippen LogP contribution in [0.3, 0.4) is 0 Å². The molecule has 1 aromatic carbocycles. The summed E-state index contributed by atoms with van der Waals surface area (Å²) >= 11 is 6.08. The molecule has 70 valence electrons. The van der Waals surface area contributed by atoms with Crippen LogP contribution in [-0.4, -0.2) is 0 Å². The Bertz CT molecular complexity index is 330. The highest BCUT2D eigenvalue weighted by Crippen LogP contribution is 2.43. The summed E-state index contributed by atoms with van der Waals surface area (Å²) in [6, 6.07) is 4.23. The van der Waals surface area contributed by atoms with Gasteiger partial charge in [0.05, 0.1) is 0 Å². The third-order valence-corrected chi connectivity index (χ3v) is 3.40. The summed E-state index contributed by atoms with van der Waals surface area (Å²) < 4.78 is 0. The van der Waals surface area contributed by atoms with E-state index in [2.05, 4.69) is 12.1 Å². The first-order chi connectivity index (χ1) is 6.03. The zero-order chi connectivity index (χ0) is 9.64. The van der Waals surface area contributed by atoms with Gasteiger partial charge in [-0.1, -0.05) is 23.7 Å². The van der Waals surface area contributed by atoms with Gasteiger partial charge in [0, 0.05) is 10.6 Å². The predicted octanol–water partition coefficient (Wildman–Crippen LogP) is 2.90. The SMILES string of the molecule is Cc1cc(C2(N)CC2)cc(C)c1Cl.